The van der Waals surface area contributed by atoms with Crippen LogP contribution in [0.4, 0.5) is 0 Å². The zero-order valence-electron chi connectivity index (χ0n) is 13.4. The highest BCUT2D eigenvalue weighted by molar-refractivity contribution is 5.81. The molecule has 4 heteroatoms. The van der Waals surface area contributed by atoms with Crippen LogP contribution in [-0.4, -0.2) is 43.0 Å². The van der Waals surface area contributed by atoms with Gasteiger partial charge in [0.15, 0.2) is 0 Å². The van der Waals surface area contributed by atoms with Crippen molar-refractivity contribution in [3.8, 4) is 0 Å². The van der Waals surface area contributed by atoms with E-state index in [4.69, 9.17) is 0 Å². The normalized spacial score (nSPS) is 19.0. The minimum absolute atomic E-state index is 0.0498. The summed E-state index contributed by atoms with van der Waals surface area (Å²) in [6.45, 7) is 9.99. The fourth-order valence-corrected chi connectivity index (χ4v) is 2.69. The highest BCUT2D eigenvalue weighted by Crippen LogP contribution is 2.14. The lowest BCUT2D eigenvalue weighted by atomic mass is 10.0. The molecule has 2 atom stereocenters. The minimum Gasteiger partial charge on any atom is -0.348 e. The SMILES string of the molecule is CCc1ccc(C(C)NC(=O)C(C)N2CCNCC2)cc1. The standard InChI is InChI=1S/C17H27N3O/c1-4-15-5-7-16(8-6-15)13(2)19-17(21)14(3)20-11-9-18-10-12-20/h5-8,13-14,18H,4,9-12H2,1-3H3,(H,19,21). The lowest BCUT2D eigenvalue weighted by Crippen LogP contribution is -2.52. The molecule has 21 heavy (non-hydrogen) atoms. The van der Waals surface area contributed by atoms with Gasteiger partial charge >= 0.3 is 0 Å². The van der Waals surface area contributed by atoms with Crippen LogP contribution in [0.25, 0.3) is 0 Å². The smallest absolute Gasteiger partial charge is 0.237 e. The Bertz CT molecular complexity index is 452. The monoisotopic (exact) mass is 289 g/mol. The van der Waals surface area contributed by atoms with E-state index in [0.717, 1.165) is 38.2 Å². The molecule has 2 unspecified atom stereocenters. The number of piperazine rings is 1. The number of carbonyl (C=O) groups excluding carboxylic acids is 1. The number of hydrogen-bond acceptors (Lipinski definition) is 3. The van der Waals surface area contributed by atoms with Gasteiger partial charge in [-0.25, -0.2) is 0 Å². The van der Waals surface area contributed by atoms with Crippen LogP contribution in [0.3, 0.4) is 0 Å². The van der Waals surface area contributed by atoms with Crippen LogP contribution >= 0.6 is 0 Å². The van der Waals surface area contributed by atoms with Crippen molar-refractivity contribution in [1.29, 1.82) is 0 Å². The van der Waals surface area contributed by atoms with Crippen LogP contribution in [0.15, 0.2) is 24.3 Å². The molecule has 1 aliphatic heterocycles. The number of nitrogens with zero attached hydrogens (tertiary/aromatic N) is 1. The van der Waals surface area contributed by atoms with E-state index in [9.17, 15) is 4.79 Å². The Kier molecular flexibility index (Phi) is 5.76. The molecule has 1 saturated heterocycles. The number of carbonyl (C=O) groups is 1. The van der Waals surface area contributed by atoms with Gasteiger partial charge < -0.3 is 10.6 Å². The quantitative estimate of drug-likeness (QED) is 0.867. The lowest BCUT2D eigenvalue weighted by Gasteiger charge is -2.32. The first kappa shape index (κ1) is 16.0. The summed E-state index contributed by atoms with van der Waals surface area (Å²) >= 11 is 0. The average Bonchev–Trinajstić information content (AvgIpc) is 2.55. The Hall–Kier alpha value is -1.39. The molecular weight excluding hydrogens is 262 g/mol. The summed E-state index contributed by atoms with van der Waals surface area (Å²) in [5.74, 6) is 0.115. The van der Waals surface area contributed by atoms with Gasteiger partial charge in [0, 0.05) is 26.2 Å². The third-order valence-corrected chi connectivity index (χ3v) is 4.33. The summed E-state index contributed by atoms with van der Waals surface area (Å²) in [4.78, 5) is 14.6. The van der Waals surface area contributed by atoms with E-state index in [1.165, 1.54) is 5.56 Å². The lowest BCUT2D eigenvalue weighted by molar-refractivity contribution is -0.126. The molecule has 1 aromatic carbocycles. The van der Waals surface area contributed by atoms with Gasteiger partial charge in [-0.05, 0) is 31.4 Å². The molecule has 0 saturated carbocycles. The minimum atomic E-state index is -0.0653. The van der Waals surface area contributed by atoms with E-state index in [1.54, 1.807) is 0 Å². The van der Waals surface area contributed by atoms with Gasteiger partial charge in [-0.3, -0.25) is 9.69 Å². The van der Waals surface area contributed by atoms with Crippen LogP contribution in [0, 0.1) is 0 Å². The number of rotatable bonds is 5. The van der Waals surface area contributed by atoms with Gasteiger partial charge in [0.25, 0.3) is 0 Å². The highest BCUT2D eigenvalue weighted by atomic mass is 16.2. The molecule has 0 aliphatic carbocycles. The molecule has 116 valence electrons. The Morgan fingerprint density at radius 2 is 1.86 bits per heavy atom. The Labute approximate surface area is 127 Å². The third kappa shape index (κ3) is 4.29. The zero-order valence-corrected chi connectivity index (χ0v) is 13.4. The van der Waals surface area contributed by atoms with E-state index >= 15 is 0 Å². The first-order chi connectivity index (χ1) is 10.1. The molecule has 2 rings (SSSR count). The van der Waals surface area contributed by atoms with Crippen LogP contribution in [-0.2, 0) is 11.2 Å². The average molecular weight is 289 g/mol. The molecule has 0 radical (unpaired) electrons. The van der Waals surface area contributed by atoms with E-state index in [2.05, 4.69) is 46.7 Å². The van der Waals surface area contributed by atoms with Gasteiger partial charge in [-0.2, -0.15) is 0 Å². The zero-order chi connectivity index (χ0) is 15.2. The predicted octanol–water partition coefficient (Wildman–Crippen LogP) is 1.72. The van der Waals surface area contributed by atoms with Crippen molar-refractivity contribution >= 4 is 5.91 Å². The van der Waals surface area contributed by atoms with Gasteiger partial charge in [0.1, 0.15) is 0 Å². The molecule has 1 aliphatic rings. The molecule has 2 N–H and O–H groups in total. The van der Waals surface area contributed by atoms with Crippen molar-refractivity contribution in [2.75, 3.05) is 26.2 Å². The van der Waals surface area contributed by atoms with Crippen molar-refractivity contribution in [2.24, 2.45) is 0 Å². The maximum Gasteiger partial charge on any atom is 0.237 e. The van der Waals surface area contributed by atoms with Crippen molar-refractivity contribution < 1.29 is 4.79 Å². The van der Waals surface area contributed by atoms with Gasteiger partial charge in [-0.15, -0.1) is 0 Å². The summed E-state index contributed by atoms with van der Waals surface area (Å²) < 4.78 is 0. The summed E-state index contributed by atoms with van der Waals surface area (Å²) in [6, 6.07) is 8.48. The summed E-state index contributed by atoms with van der Waals surface area (Å²) in [5.41, 5.74) is 2.49. The van der Waals surface area contributed by atoms with E-state index in [-0.39, 0.29) is 18.0 Å². The van der Waals surface area contributed by atoms with Gasteiger partial charge in [0.05, 0.1) is 12.1 Å². The topological polar surface area (TPSA) is 44.4 Å². The van der Waals surface area contributed by atoms with E-state index in [0.29, 0.717) is 0 Å². The van der Waals surface area contributed by atoms with Crippen LogP contribution in [0.2, 0.25) is 0 Å². The highest BCUT2D eigenvalue weighted by Gasteiger charge is 2.23. The van der Waals surface area contributed by atoms with E-state index < -0.39 is 0 Å². The fourth-order valence-electron chi connectivity index (χ4n) is 2.69. The second kappa shape index (κ2) is 7.57. The Morgan fingerprint density at radius 1 is 1.24 bits per heavy atom. The van der Waals surface area contributed by atoms with Crippen LogP contribution < -0.4 is 10.6 Å². The molecule has 0 spiro atoms. The van der Waals surface area contributed by atoms with Crippen LogP contribution in [0.1, 0.15) is 37.9 Å². The Morgan fingerprint density at radius 3 is 2.43 bits per heavy atom. The number of aryl methyl sites for hydroxylation is 1. The second-order valence-corrected chi connectivity index (χ2v) is 5.79. The second-order valence-electron chi connectivity index (χ2n) is 5.79. The molecule has 0 bridgehead atoms. The van der Waals surface area contributed by atoms with Crippen molar-refractivity contribution in [3.05, 3.63) is 35.4 Å². The molecular formula is C17H27N3O. The molecule has 4 nitrogen and oxygen atoms in total. The molecule has 1 amide bonds. The molecule has 1 fully saturated rings. The third-order valence-electron chi connectivity index (χ3n) is 4.33. The van der Waals surface area contributed by atoms with Gasteiger partial charge in [-0.1, -0.05) is 31.2 Å². The molecule has 1 aromatic rings. The van der Waals surface area contributed by atoms with Gasteiger partial charge in [0.2, 0.25) is 5.91 Å². The first-order valence-corrected chi connectivity index (χ1v) is 7.95. The first-order valence-electron chi connectivity index (χ1n) is 7.95. The Balaban J connectivity index is 1.90. The number of nitrogens with one attached hydrogen (secondary N) is 2. The van der Waals surface area contributed by atoms with Crippen LogP contribution in [0.5, 0.6) is 0 Å². The van der Waals surface area contributed by atoms with E-state index in [1.807, 2.05) is 13.8 Å². The molecule has 0 aromatic heterocycles. The fraction of sp³-hybridized carbons (Fsp3) is 0.588. The maximum atomic E-state index is 12.4. The molecule has 1 heterocycles. The van der Waals surface area contributed by atoms with Crippen molar-refractivity contribution in [1.82, 2.24) is 15.5 Å². The number of amides is 1. The maximum absolute atomic E-state index is 12.4. The summed E-state index contributed by atoms with van der Waals surface area (Å²) in [5, 5.41) is 6.44. The largest absolute Gasteiger partial charge is 0.348 e. The summed E-state index contributed by atoms with van der Waals surface area (Å²) in [6.07, 6.45) is 1.04. The van der Waals surface area contributed by atoms with Crippen molar-refractivity contribution in [3.63, 3.8) is 0 Å². The number of benzene rings is 1. The number of hydrogen-bond donors (Lipinski definition) is 2. The van der Waals surface area contributed by atoms with Crippen molar-refractivity contribution in [2.45, 2.75) is 39.3 Å². The summed E-state index contributed by atoms with van der Waals surface area (Å²) in [7, 11) is 0. The predicted molar refractivity (Wildman–Crippen MR) is 86.3 cm³/mol.